The van der Waals surface area contributed by atoms with Gasteiger partial charge in [-0.05, 0) is 49.6 Å². The maximum Gasteiger partial charge on any atom is 0.199 e. The van der Waals surface area contributed by atoms with Gasteiger partial charge < -0.3 is 4.55 Å². The van der Waals surface area contributed by atoms with Crippen LogP contribution >= 0.6 is 0 Å². The van der Waals surface area contributed by atoms with Gasteiger partial charge >= 0.3 is 0 Å². The molecule has 0 aliphatic rings. The van der Waals surface area contributed by atoms with Gasteiger partial charge in [-0.3, -0.25) is 14.0 Å². The number of hydrogen-bond acceptors (Lipinski definition) is 5. The third-order valence-electron chi connectivity index (χ3n) is 4.17. The lowest BCUT2D eigenvalue weighted by molar-refractivity contribution is 0.103. The van der Waals surface area contributed by atoms with Gasteiger partial charge in [0.25, 0.3) is 0 Å². The van der Waals surface area contributed by atoms with Gasteiger partial charge in [0.1, 0.15) is 11.6 Å². The molecule has 6 nitrogen and oxygen atoms in total. The van der Waals surface area contributed by atoms with Crippen LogP contribution in [-0.4, -0.2) is 31.1 Å². The number of aryl methyl sites for hydroxylation is 2. The minimum absolute atomic E-state index is 0.103. The van der Waals surface area contributed by atoms with E-state index in [2.05, 4.69) is 14.7 Å². The van der Waals surface area contributed by atoms with Crippen molar-refractivity contribution in [3.05, 3.63) is 70.5 Å². The molecule has 1 aromatic heterocycles. The van der Waals surface area contributed by atoms with Crippen LogP contribution in [0.15, 0.2) is 36.5 Å². The Bertz CT molecular complexity index is 1080. The smallest absolute Gasteiger partial charge is 0.199 e. The molecule has 3 rings (SSSR count). The zero-order chi connectivity index (χ0) is 20.3. The zero-order valence-corrected chi connectivity index (χ0v) is 15.7. The molecule has 0 fully saturated rings. The molecular formula is C19H16F2N3O3S-. The number of benzene rings is 2. The molecule has 1 N–H and O–H groups in total. The van der Waals surface area contributed by atoms with E-state index in [9.17, 15) is 22.3 Å². The highest BCUT2D eigenvalue weighted by atomic mass is 32.2. The normalized spacial score (nSPS) is 12.3. The molecule has 0 aliphatic heterocycles. The number of aromatic nitrogens is 2. The van der Waals surface area contributed by atoms with Crippen LogP contribution in [0.2, 0.25) is 0 Å². The number of carbonyl (C=O) groups excluding carboxylic acids is 1. The van der Waals surface area contributed by atoms with Gasteiger partial charge in [0.2, 0.25) is 0 Å². The molecular weight excluding hydrogens is 388 g/mol. The van der Waals surface area contributed by atoms with E-state index in [-0.39, 0.29) is 24.1 Å². The molecule has 9 heteroatoms. The lowest BCUT2D eigenvalue weighted by atomic mass is 9.97. The fourth-order valence-electron chi connectivity index (χ4n) is 2.82. The molecule has 0 saturated heterocycles. The van der Waals surface area contributed by atoms with Crippen LogP contribution in [0, 0.1) is 18.6 Å². The van der Waals surface area contributed by atoms with E-state index < -0.39 is 34.2 Å². The first kappa shape index (κ1) is 20.1. The Kier molecular flexibility index (Phi) is 6.18. The minimum atomic E-state index is -2.40. The summed E-state index contributed by atoms with van der Waals surface area (Å²) in [6, 6.07) is 6.77. The van der Waals surface area contributed by atoms with Crippen molar-refractivity contribution >= 4 is 28.1 Å². The molecule has 0 spiro atoms. The summed E-state index contributed by atoms with van der Waals surface area (Å²) in [5.41, 5.74) is 1.28. The Morgan fingerprint density at radius 2 is 2.00 bits per heavy atom. The Morgan fingerprint density at radius 3 is 2.75 bits per heavy atom. The minimum Gasteiger partial charge on any atom is -0.760 e. The third kappa shape index (κ3) is 4.44. The largest absolute Gasteiger partial charge is 0.760 e. The van der Waals surface area contributed by atoms with Gasteiger partial charge in [0.15, 0.2) is 5.78 Å². The summed E-state index contributed by atoms with van der Waals surface area (Å²) in [6.07, 6.45) is 2.04. The van der Waals surface area contributed by atoms with Crippen molar-refractivity contribution in [2.24, 2.45) is 0 Å². The van der Waals surface area contributed by atoms with Gasteiger partial charge in [-0.2, -0.15) is 0 Å². The number of hydrogen-bond donors (Lipinski definition) is 1. The van der Waals surface area contributed by atoms with Crippen molar-refractivity contribution in [3.63, 3.8) is 0 Å². The van der Waals surface area contributed by atoms with E-state index in [1.165, 1.54) is 18.2 Å². The summed E-state index contributed by atoms with van der Waals surface area (Å²) in [5.74, 6) is -2.69. The van der Waals surface area contributed by atoms with Crippen LogP contribution in [-0.2, 0) is 17.7 Å². The van der Waals surface area contributed by atoms with Crippen molar-refractivity contribution in [1.29, 1.82) is 0 Å². The topological polar surface area (TPSA) is 95.0 Å². The first-order valence-electron chi connectivity index (χ1n) is 8.44. The quantitative estimate of drug-likeness (QED) is 0.371. The monoisotopic (exact) mass is 404 g/mol. The Labute approximate surface area is 162 Å². The SMILES string of the molecule is Cc1cnc2ccc(C(=O)c3c(F)ccc(CCCNS(=O)[O-])c3F)cc2n1. The standard InChI is InChI=1S/C19H17F2N3O3S/c1-11-10-22-15-7-5-13(9-16(15)24-11)19(25)17-14(20)6-4-12(18(17)21)3-2-8-23-28(26)27/h4-7,9-10,23H,2-3,8H2,1H3,(H,26,27)/p-1. The second-order valence-corrected chi connectivity index (χ2v) is 6.93. The van der Waals surface area contributed by atoms with E-state index in [0.717, 1.165) is 6.07 Å². The summed E-state index contributed by atoms with van der Waals surface area (Å²) >= 11 is -2.40. The van der Waals surface area contributed by atoms with Crippen LogP contribution in [0.5, 0.6) is 0 Å². The Hall–Kier alpha value is -2.62. The Balaban J connectivity index is 1.90. The Morgan fingerprint density at radius 1 is 1.21 bits per heavy atom. The van der Waals surface area contributed by atoms with Crippen molar-refractivity contribution in [3.8, 4) is 0 Å². The lowest BCUT2D eigenvalue weighted by Crippen LogP contribution is -2.18. The van der Waals surface area contributed by atoms with Crippen molar-refractivity contribution in [2.75, 3.05) is 6.54 Å². The van der Waals surface area contributed by atoms with Crippen LogP contribution in [0.1, 0.15) is 33.6 Å². The lowest BCUT2D eigenvalue weighted by Gasteiger charge is -2.11. The predicted octanol–water partition coefficient (Wildman–Crippen LogP) is 2.76. The van der Waals surface area contributed by atoms with E-state index in [1.807, 2.05) is 0 Å². The van der Waals surface area contributed by atoms with Gasteiger partial charge in [0.05, 0.1) is 22.3 Å². The second-order valence-electron chi connectivity index (χ2n) is 6.17. The summed E-state index contributed by atoms with van der Waals surface area (Å²) in [6.45, 7) is 1.86. The number of halogens is 2. The number of fused-ring (bicyclic) bond motifs is 1. The summed E-state index contributed by atoms with van der Waals surface area (Å²) < 4.78 is 52.1. The number of carbonyl (C=O) groups is 1. The molecule has 1 atom stereocenters. The fraction of sp³-hybridized carbons (Fsp3) is 0.211. The number of nitrogens with one attached hydrogen (secondary N) is 1. The molecule has 1 unspecified atom stereocenters. The molecule has 146 valence electrons. The molecule has 0 saturated carbocycles. The average Bonchev–Trinajstić information content (AvgIpc) is 2.65. The summed E-state index contributed by atoms with van der Waals surface area (Å²) in [7, 11) is 0. The van der Waals surface area contributed by atoms with E-state index >= 15 is 0 Å². The maximum absolute atomic E-state index is 14.8. The first-order chi connectivity index (χ1) is 13.4. The van der Waals surface area contributed by atoms with Crippen molar-refractivity contribution in [1.82, 2.24) is 14.7 Å². The molecule has 2 aromatic carbocycles. The maximum atomic E-state index is 14.8. The van der Waals surface area contributed by atoms with Crippen LogP contribution in [0.4, 0.5) is 8.78 Å². The third-order valence-corrected chi connectivity index (χ3v) is 4.61. The van der Waals surface area contributed by atoms with Gasteiger partial charge in [-0.25, -0.2) is 18.5 Å². The van der Waals surface area contributed by atoms with Gasteiger partial charge in [-0.15, -0.1) is 0 Å². The van der Waals surface area contributed by atoms with Gasteiger partial charge in [-0.1, -0.05) is 6.07 Å². The number of rotatable bonds is 7. The van der Waals surface area contributed by atoms with Crippen LogP contribution in [0.3, 0.4) is 0 Å². The number of nitrogens with zero attached hydrogens (tertiary/aromatic N) is 2. The van der Waals surface area contributed by atoms with E-state index in [1.54, 1.807) is 19.2 Å². The highest BCUT2D eigenvalue weighted by Gasteiger charge is 2.22. The van der Waals surface area contributed by atoms with Gasteiger partial charge in [0, 0.05) is 29.6 Å². The molecule has 0 bridgehead atoms. The molecule has 28 heavy (non-hydrogen) atoms. The molecule has 0 radical (unpaired) electrons. The van der Waals surface area contributed by atoms with E-state index in [0.29, 0.717) is 23.1 Å². The van der Waals surface area contributed by atoms with E-state index in [4.69, 9.17) is 0 Å². The predicted molar refractivity (Wildman–Crippen MR) is 99.3 cm³/mol. The van der Waals surface area contributed by atoms with Crippen molar-refractivity contribution in [2.45, 2.75) is 19.8 Å². The highest BCUT2D eigenvalue weighted by molar-refractivity contribution is 7.77. The summed E-state index contributed by atoms with van der Waals surface area (Å²) in [5, 5.41) is 0. The molecule has 1 heterocycles. The highest BCUT2D eigenvalue weighted by Crippen LogP contribution is 2.23. The fourth-order valence-corrected chi connectivity index (χ4v) is 3.13. The van der Waals surface area contributed by atoms with Crippen molar-refractivity contribution < 1.29 is 22.3 Å². The van der Waals surface area contributed by atoms with Crippen LogP contribution < -0.4 is 4.72 Å². The van der Waals surface area contributed by atoms with Crippen LogP contribution in [0.25, 0.3) is 11.0 Å². The molecule has 3 aromatic rings. The number of ketones is 1. The first-order valence-corrected chi connectivity index (χ1v) is 9.52. The zero-order valence-electron chi connectivity index (χ0n) is 14.9. The average molecular weight is 404 g/mol. The second kappa shape index (κ2) is 8.59. The molecule has 0 aliphatic carbocycles. The molecule has 0 amide bonds. The summed E-state index contributed by atoms with van der Waals surface area (Å²) in [4.78, 5) is 21.2.